The zero-order chi connectivity index (χ0) is 15.8. The van der Waals surface area contributed by atoms with Crippen molar-refractivity contribution in [3.05, 3.63) is 30.2 Å². The first-order chi connectivity index (χ1) is 10.7. The molecule has 2 aromatic heterocycles. The molecule has 2 heterocycles. The molecule has 0 aromatic carbocycles. The van der Waals surface area contributed by atoms with Crippen molar-refractivity contribution in [3.8, 4) is 0 Å². The van der Waals surface area contributed by atoms with Gasteiger partial charge < -0.3 is 15.4 Å². The van der Waals surface area contributed by atoms with E-state index in [1.807, 2.05) is 28.8 Å². The number of pyridine rings is 1. The lowest BCUT2D eigenvalue weighted by atomic mass is 10.3. The van der Waals surface area contributed by atoms with Crippen LogP contribution in [0.3, 0.4) is 0 Å². The second-order valence-electron chi connectivity index (χ2n) is 5.15. The van der Waals surface area contributed by atoms with E-state index < -0.39 is 0 Å². The molecule has 2 rings (SSSR count). The number of methoxy groups -OCH3 is 1. The Morgan fingerprint density at radius 3 is 2.96 bits per heavy atom. The molecule has 0 saturated carbocycles. The second-order valence-corrected chi connectivity index (χ2v) is 5.15. The van der Waals surface area contributed by atoms with Crippen LogP contribution in [-0.2, 0) is 11.2 Å². The molecule has 0 aliphatic rings. The van der Waals surface area contributed by atoms with Gasteiger partial charge in [-0.2, -0.15) is 0 Å². The summed E-state index contributed by atoms with van der Waals surface area (Å²) in [6.45, 7) is 3.52. The number of rotatable bonds is 7. The van der Waals surface area contributed by atoms with Gasteiger partial charge in [0.2, 0.25) is 0 Å². The van der Waals surface area contributed by atoms with E-state index in [1.54, 1.807) is 14.2 Å². The zero-order valence-electron chi connectivity index (χ0n) is 13.8. The van der Waals surface area contributed by atoms with E-state index in [2.05, 4.69) is 32.7 Å². The van der Waals surface area contributed by atoms with Crippen molar-refractivity contribution >= 4 is 35.6 Å². The van der Waals surface area contributed by atoms with Crippen LogP contribution in [0.4, 0.5) is 0 Å². The summed E-state index contributed by atoms with van der Waals surface area (Å²) in [7, 11) is 3.46. The molecule has 0 saturated heterocycles. The Morgan fingerprint density at radius 1 is 1.39 bits per heavy atom. The van der Waals surface area contributed by atoms with Crippen LogP contribution in [0.15, 0.2) is 29.4 Å². The molecule has 0 fully saturated rings. The lowest BCUT2D eigenvalue weighted by Gasteiger charge is -2.17. The van der Waals surface area contributed by atoms with Crippen molar-refractivity contribution < 1.29 is 4.74 Å². The van der Waals surface area contributed by atoms with Crippen LogP contribution in [0.1, 0.15) is 19.2 Å². The maximum Gasteiger partial charge on any atom is 0.191 e. The van der Waals surface area contributed by atoms with Crippen molar-refractivity contribution in [2.24, 2.45) is 4.99 Å². The molecule has 2 aromatic rings. The van der Waals surface area contributed by atoms with Crippen LogP contribution >= 0.6 is 24.0 Å². The van der Waals surface area contributed by atoms with Crippen LogP contribution in [0.25, 0.3) is 5.65 Å². The second kappa shape index (κ2) is 10.4. The normalized spacial score (nSPS) is 12.7. The molecule has 128 valence electrons. The van der Waals surface area contributed by atoms with Gasteiger partial charge in [-0.25, -0.2) is 0 Å². The number of hydrogen-bond donors (Lipinski definition) is 2. The highest BCUT2D eigenvalue weighted by molar-refractivity contribution is 14.0. The van der Waals surface area contributed by atoms with Crippen LogP contribution < -0.4 is 10.6 Å². The lowest BCUT2D eigenvalue weighted by molar-refractivity contribution is 0.179. The molecule has 0 amide bonds. The highest BCUT2D eigenvalue weighted by Crippen LogP contribution is 2.04. The quantitative estimate of drug-likeness (QED) is 0.300. The highest BCUT2D eigenvalue weighted by atomic mass is 127. The Bertz CT molecular complexity index is 615. The fourth-order valence-corrected chi connectivity index (χ4v) is 2.23. The number of ether oxygens (including phenoxy) is 1. The molecule has 0 aliphatic heterocycles. The maximum atomic E-state index is 5.10. The predicted octanol–water partition coefficient (Wildman–Crippen LogP) is 1.48. The minimum Gasteiger partial charge on any atom is -0.383 e. The van der Waals surface area contributed by atoms with Crippen molar-refractivity contribution in [2.75, 3.05) is 27.3 Å². The van der Waals surface area contributed by atoms with E-state index in [0.29, 0.717) is 6.61 Å². The first-order valence-electron chi connectivity index (χ1n) is 7.49. The van der Waals surface area contributed by atoms with Gasteiger partial charge in [-0.05, 0) is 25.5 Å². The number of nitrogens with one attached hydrogen (secondary N) is 2. The summed E-state index contributed by atoms with van der Waals surface area (Å²) in [6.07, 6.45) is 3.81. The average molecular weight is 432 g/mol. The third kappa shape index (κ3) is 5.94. The van der Waals surface area contributed by atoms with Crippen molar-refractivity contribution in [1.29, 1.82) is 0 Å². The first kappa shape index (κ1) is 19.6. The Kier molecular flexibility index (Phi) is 8.85. The van der Waals surface area contributed by atoms with E-state index >= 15 is 0 Å². The van der Waals surface area contributed by atoms with E-state index in [1.165, 1.54) is 0 Å². The van der Waals surface area contributed by atoms with E-state index in [9.17, 15) is 0 Å². The summed E-state index contributed by atoms with van der Waals surface area (Å²) in [5.41, 5.74) is 0.885. The first-order valence-corrected chi connectivity index (χ1v) is 7.49. The Balaban J connectivity index is 0.00000264. The molecule has 7 nitrogen and oxygen atoms in total. The molecular weight excluding hydrogens is 407 g/mol. The summed E-state index contributed by atoms with van der Waals surface area (Å²) in [4.78, 5) is 4.20. The smallest absolute Gasteiger partial charge is 0.191 e. The third-order valence-corrected chi connectivity index (χ3v) is 3.28. The number of nitrogens with zero attached hydrogens (tertiary/aromatic N) is 4. The molecule has 23 heavy (non-hydrogen) atoms. The van der Waals surface area contributed by atoms with E-state index in [-0.39, 0.29) is 30.0 Å². The number of aromatic nitrogens is 3. The van der Waals surface area contributed by atoms with Crippen LogP contribution in [-0.4, -0.2) is 53.9 Å². The molecule has 2 N–H and O–H groups in total. The van der Waals surface area contributed by atoms with Crippen LogP contribution in [0.5, 0.6) is 0 Å². The van der Waals surface area contributed by atoms with Gasteiger partial charge in [0.15, 0.2) is 11.6 Å². The lowest BCUT2D eigenvalue weighted by Crippen LogP contribution is -2.44. The van der Waals surface area contributed by atoms with Gasteiger partial charge >= 0.3 is 0 Å². The summed E-state index contributed by atoms with van der Waals surface area (Å²) in [6, 6.07) is 6.13. The largest absolute Gasteiger partial charge is 0.383 e. The maximum absolute atomic E-state index is 5.10. The summed E-state index contributed by atoms with van der Waals surface area (Å²) >= 11 is 0. The SMILES string of the molecule is CN=C(NCCCc1nnc2ccccn12)NC(C)COC.I. The number of fused-ring (bicyclic) bond motifs is 1. The molecule has 0 aliphatic carbocycles. The Hall–Kier alpha value is -1.42. The fraction of sp³-hybridized carbons (Fsp3) is 0.533. The van der Waals surface area contributed by atoms with Gasteiger partial charge in [-0.15, -0.1) is 34.2 Å². The minimum atomic E-state index is 0. The highest BCUT2D eigenvalue weighted by Gasteiger charge is 2.06. The van der Waals surface area contributed by atoms with E-state index in [4.69, 9.17) is 4.74 Å². The standard InChI is InChI=1S/C15H24N6O.HI/c1-12(11-22-3)18-15(16-2)17-9-6-8-14-20-19-13-7-4-5-10-21(13)14;/h4-5,7,10,12H,6,8-9,11H2,1-3H3,(H2,16,17,18);1H. The molecule has 0 spiro atoms. The monoisotopic (exact) mass is 432 g/mol. The number of aryl methyl sites for hydroxylation is 1. The number of halogens is 1. The van der Waals surface area contributed by atoms with Gasteiger partial charge in [-0.1, -0.05) is 6.07 Å². The van der Waals surface area contributed by atoms with Gasteiger partial charge in [0.1, 0.15) is 5.82 Å². The van der Waals surface area contributed by atoms with Crippen molar-refractivity contribution in [3.63, 3.8) is 0 Å². The van der Waals surface area contributed by atoms with Gasteiger partial charge in [0.05, 0.1) is 6.61 Å². The van der Waals surface area contributed by atoms with Crippen molar-refractivity contribution in [1.82, 2.24) is 25.2 Å². The molecule has 0 radical (unpaired) electrons. The van der Waals surface area contributed by atoms with Crippen molar-refractivity contribution in [2.45, 2.75) is 25.8 Å². The third-order valence-electron chi connectivity index (χ3n) is 3.28. The van der Waals surface area contributed by atoms with Gasteiger partial charge in [0, 0.05) is 39.4 Å². The molecule has 8 heteroatoms. The molecular formula is C15H25IN6O. The average Bonchev–Trinajstić information content (AvgIpc) is 2.94. The van der Waals surface area contributed by atoms with Gasteiger partial charge in [0.25, 0.3) is 0 Å². The summed E-state index contributed by atoms with van der Waals surface area (Å²) in [5, 5.41) is 14.9. The summed E-state index contributed by atoms with van der Waals surface area (Å²) < 4.78 is 7.12. The Morgan fingerprint density at radius 2 is 2.22 bits per heavy atom. The number of aliphatic imine (C=N–C) groups is 1. The zero-order valence-corrected chi connectivity index (χ0v) is 16.2. The minimum absolute atomic E-state index is 0. The van der Waals surface area contributed by atoms with E-state index in [0.717, 1.165) is 36.8 Å². The number of guanidine groups is 1. The molecule has 1 unspecified atom stereocenters. The predicted molar refractivity (Wildman–Crippen MR) is 103 cm³/mol. The van der Waals surface area contributed by atoms with Crippen LogP contribution in [0, 0.1) is 0 Å². The fourth-order valence-electron chi connectivity index (χ4n) is 2.23. The van der Waals surface area contributed by atoms with Crippen LogP contribution in [0.2, 0.25) is 0 Å². The topological polar surface area (TPSA) is 75.8 Å². The summed E-state index contributed by atoms with van der Waals surface area (Å²) in [5.74, 6) is 1.77. The van der Waals surface area contributed by atoms with Gasteiger partial charge in [-0.3, -0.25) is 9.39 Å². The Labute approximate surface area is 153 Å². The number of hydrogen-bond acceptors (Lipinski definition) is 4. The molecule has 0 bridgehead atoms. The molecule has 1 atom stereocenters.